The van der Waals surface area contributed by atoms with Crippen LogP contribution in [0.4, 0.5) is 5.82 Å². The summed E-state index contributed by atoms with van der Waals surface area (Å²) in [4.78, 5) is 26.3. The van der Waals surface area contributed by atoms with E-state index in [1.54, 1.807) is 7.11 Å². The summed E-state index contributed by atoms with van der Waals surface area (Å²) in [7, 11) is 1.56. The Balaban J connectivity index is 1.90. The van der Waals surface area contributed by atoms with Crippen molar-refractivity contribution in [2.75, 3.05) is 44.8 Å². The third-order valence-electron chi connectivity index (χ3n) is 5.93. The lowest BCUT2D eigenvalue weighted by atomic mass is 10.0. The highest BCUT2D eigenvalue weighted by atomic mass is 16.5. The topological polar surface area (TPSA) is 58.6 Å². The van der Waals surface area contributed by atoms with Crippen LogP contribution < -0.4 is 4.90 Å². The predicted molar refractivity (Wildman–Crippen MR) is 120 cm³/mol. The number of carbonyl (C=O) groups is 1. The molecule has 0 saturated carbocycles. The molecule has 1 fully saturated rings. The highest BCUT2D eigenvalue weighted by Gasteiger charge is 2.25. The highest BCUT2D eigenvalue weighted by Crippen LogP contribution is 2.28. The van der Waals surface area contributed by atoms with E-state index >= 15 is 0 Å². The molecule has 162 valence electrons. The van der Waals surface area contributed by atoms with E-state index in [9.17, 15) is 4.79 Å². The zero-order valence-corrected chi connectivity index (χ0v) is 18.9. The molecule has 1 atom stereocenters. The fourth-order valence-corrected chi connectivity index (χ4v) is 3.88. The molecule has 1 aliphatic heterocycles. The van der Waals surface area contributed by atoms with E-state index < -0.39 is 0 Å². The smallest absolute Gasteiger partial charge is 0.248 e. The number of benzene rings is 1. The van der Waals surface area contributed by atoms with Crippen molar-refractivity contribution in [1.82, 2.24) is 14.9 Å². The van der Waals surface area contributed by atoms with Gasteiger partial charge in [0.2, 0.25) is 5.91 Å². The Bertz CT molecular complexity index is 876. The van der Waals surface area contributed by atoms with E-state index in [2.05, 4.69) is 56.9 Å². The Kier molecular flexibility index (Phi) is 7.43. The minimum atomic E-state index is 0.0521. The maximum Gasteiger partial charge on any atom is 0.248 e. The number of aryl methyl sites for hydroxylation is 2. The number of methoxy groups -OCH3 is 1. The first kappa shape index (κ1) is 22.2. The van der Waals surface area contributed by atoms with Crippen LogP contribution in [-0.2, 0) is 16.0 Å². The molecule has 0 bridgehead atoms. The predicted octanol–water partition coefficient (Wildman–Crippen LogP) is 3.49. The largest absolute Gasteiger partial charge is 0.375 e. The minimum Gasteiger partial charge on any atom is -0.375 e. The number of nitrogens with zero attached hydrogens (tertiary/aromatic N) is 4. The van der Waals surface area contributed by atoms with E-state index in [1.807, 2.05) is 4.90 Å². The van der Waals surface area contributed by atoms with Gasteiger partial charge in [-0.2, -0.15) is 0 Å². The SMILES string of the molecule is CCC(C)c1nc(C)c(Cc2cccc(C)c2)c(N2CCN(C(=O)COC)CC2)n1. The Hall–Kier alpha value is -2.47. The lowest BCUT2D eigenvalue weighted by molar-refractivity contribution is -0.135. The summed E-state index contributed by atoms with van der Waals surface area (Å²) in [5.74, 6) is 2.31. The first-order chi connectivity index (χ1) is 14.4. The van der Waals surface area contributed by atoms with Crippen molar-refractivity contribution >= 4 is 11.7 Å². The van der Waals surface area contributed by atoms with Gasteiger partial charge in [0.15, 0.2) is 0 Å². The Morgan fingerprint density at radius 2 is 1.90 bits per heavy atom. The number of aromatic nitrogens is 2. The molecule has 2 heterocycles. The maximum absolute atomic E-state index is 12.2. The number of hydrogen-bond donors (Lipinski definition) is 0. The van der Waals surface area contributed by atoms with Crippen molar-refractivity contribution < 1.29 is 9.53 Å². The standard InChI is InChI=1S/C24H34N4O2/c1-6-18(3)23-25-19(4)21(15-20-9-7-8-17(2)14-20)24(26-23)28-12-10-27(11-13-28)22(29)16-30-5/h7-9,14,18H,6,10-13,15-16H2,1-5H3. The van der Waals surface area contributed by atoms with E-state index in [1.165, 1.54) is 16.7 Å². The normalized spacial score (nSPS) is 15.4. The van der Waals surface area contributed by atoms with E-state index in [4.69, 9.17) is 14.7 Å². The average molecular weight is 411 g/mol. The number of piperazine rings is 1. The van der Waals surface area contributed by atoms with Crippen LogP contribution >= 0.6 is 0 Å². The van der Waals surface area contributed by atoms with Gasteiger partial charge in [0.1, 0.15) is 18.2 Å². The van der Waals surface area contributed by atoms with Gasteiger partial charge in [0.25, 0.3) is 0 Å². The van der Waals surface area contributed by atoms with Gasteiger partial charge in [0.05, 0.1) is 0 Å². The van der Waals surface area contributed by atoms with Crippen LogP contribution in [0.2, 0.25) is 0 Å². The number of anilines is 1. The molecule has 1 unspecified atom stereocenters. The Morgan fingerprint density at radius 1 is 1.17 bits per heavy atom. The number of hydrogen-bond acceptors (Lipinski definition) is 5. The van der Waals surface area contributed by atoms with Crippen molar-refractivity contribution in [3.63, 3.8) is 0 Å². The summed E-state index contributed by atoms with van der Waals surface area (Å²) in [5, 5.41) is 0. The molecule has 1 saturated heterocycles. The van der Waals surface area contributed by atoms with Gasteiger partial charge < -0.3 is 14.5 Å². The molecule has 1 aliphatic rings. The van der Waals surface area contributed by atoms with Gasteiger partial charge in [0, 0.05) is 56.9 Å². The molecule has 0 radical (unpaired) electrons. The summed E-state index contributed by atoms with van der Waals surface area (Å²) >= 11 is 0. The van der Waals surface area contributed by atoms with Crippen LogP contribution in [0.3, 0.4) is 0 Å². The first-order valence-electron chi connectivity index (χ1n) is 10.9. The minimum absolute atomic E-state index is 0.0521. The third-order valence-corrected chi connectivity index (χ3v) is 5.93. The molecule has 30 heavy (non-hydrogen) atoms. The van der Waals surface area contributed by atoms with Gasteiger partial charge in [-0.3, -0.25) is 4.79 Å². The van der Waals surface area contributed by atoms with Gasteiger partial charge in [-0.25, -0.2) is 9.97 Å². The zero-order chi connectivity index (χ0) is 21.7. The molecule has 3 rings (SSSR count). The Labute approximate surface area is 180 Å². The fourth-order valence-electron chi connectivity index (χ4n) is 3.88. The highest BCUT2D eigenvalue weighted by molar-refractivity contribution is 5.77. The maximum atomic E-state index is 12.2. The zero-order valence-electron chi connectivity index (χ0n) is 18.9. The average Bonchev–Trinajstić information content (AvgIpc) is 2.74. The second kappa shape index (κ2) is 10.0. The van der Waals surface area contributed by atoms with Crippen molar-refractivity contribution in [3.05, 3.63) is 52.5 Å². The molecule has 2 aromatic rings. The van der Waals surface area contributed by atoms with Crippen molar-refractivity contribution in [2.45, 2.75) is 46.5 Å². The van der Waals surface area contributed by atoms with Crippen LogP contribution in [0.15, 0.2) is 24.3 Å². The quantitative estimate of drug-likeness (QED) is 0.699. The number of ether oxygens (including phenoxy) is 1. The third kappa shape index (κ3) is 5.17. The second-order valence-corrected chi connectivity index (χ2v) is 8.25. The summed E-state index contributed by atoms with van der Waals surface area (Å²) < 4.78 is 5.01. The molecule has 1 aromatic carbocycles. The van der Waals surface area contributed by atoms with E-state index in [0.29, 0.717) is 19.0 Å². The van der Waals surface area contributed by atoms with Crippen LogP contribution in [0, 0.1) is 13.8 Å². The molecule has 6 nitrogen and oxygen atoms in total. The molecular formula is C24H34N4O2. The van der Waals surface area contributed by atoms with Gasteiger partial charge in [-0.1, -0.05) is 43.7 Å². The van der Waals surface area contributed by atoms with Crippen molar-refractivity contribution in [2.24, 2.45) is 0 Å². The molecule has 0 spiro atoms. The van der Waals surface area contributed by atoms with Crippen LogP contribution in [-0.4, -0.2) is 60.7 Å². The molecule has 6 heteroatoms. The lowest BCUT2D eigenvalue weighted by Crippen LogP contribution is -2.50. The van der Waals surface area contributed by atoms with Crippen LogP contribution in [0.1, 0.15) is 54.4 Å². The summed E-state index contributed by atoms with van der Waals surface area (Å²) in [6, 6.07) is 8.62. The van der Waals surface area contributed by atoms with E-state index in [-0.39, 0.29) is 12.5 Å². The van der Waals surface area contributed by atoms with Crippen molar-refractivity contribution in [1.29, 1.82) is 0 Å². The fraction of sp³-hybridized carbons (Fsp3) is 0.542. The molecule has 1 aromatic heterocycles. The second-order valence-electron chi connectivity index (χ2n) is 8.25. The molecule has 0 N–H and O–H groups in total. The number of rotatable bonds is 7. The first-order valence-corrected chi connectivity index (χ1v) is 10.9. The van der Waals surface area contributed by atoms with Crippen molar-refractivity contribution in [3.8, 4) is 0 Å². The number of carbonyl (C=O) groups excluding carboxylic acids is 1. The van der Waals surface area contributed by atoms with Gasteiger partial charge in [-0.05, 0) is 25.8 Å². The van der Waals surface area contributed by atoms with Crippen LogP contribution in [0.25, 0.3) is 0 Å². The molecule has 0 aliphatic carbocycles. The molecule has 1 amide bonds. The lowest BCUT2D eigenvalue weighted by Gasteiger charge is -2.36. The monoisotopic (exact) mass is 410 g/mol. The summed E-state index contributed by atoms with van der Waals surface area (Å²) in [6.45, 7) is 11.6. The van der Waals surface area contributed by atoms with Gasteiger partial charge in [-0.15, -0.1) is 0 Å². The molecular weight excluding hydrogens is 376 g/mol. The van der Waals surface area contributed by atoms with E-state index in [0.717, 1.165) is 43.3 Å². The summed E-state index contributed by atoms with van der Waals surface area (Å²) in [6.07, 6.45) is 1.82. The number of amides is 1. The summed E-state index contributed by atoms with van der Waals surface area (Å²) in [5.41, 5.74) is 4.77. The van der Waals surface area contributed by atoms with Crippen LogP contribution in [0.5, 0.6) is 0 Å². The van der Waals surface area contributed by atoms with Gasteiger partial charge >= 0.3 is 0 Å². The Morgan fingerprint density at radius 3 is 2.53 bits per heavy atom.